The zero-order chi connectivity index (χ0) is 19.2. The second-order valence-electron chi connectivity index (χ2n) is 8.27. The van der Waals surface area contributed by atoms with Gasteiger partial charge in [0.05, 0.1) is 24.4 Å². The summed E-state index contributed by atoms with van der Waals surface area (Å²) in [5.41, 5.74) is 1.68. The molecule has 0 spiro atoms. The first kappa shape index (κ1) is 18.5. The predicted octanol–water partition coefficient (Wildman–Crippen LogP) is 1.80. The summed E-state index contributed by atoms with van der Waals surface area (Å²) in [5.74, 6) is 0.801. The molecular weight excluding hydrogens is 345 g/mol. The molecule has 2 aliphatic heterocycles. The average molecular weight is 371 g/mol. The van der Waals surface area contributed by atoms with Crippen LogP contribution in [0.2, 0.25) is 0 Å². The van der Waals surface area contributed by atoms with Gasteiger partial charge < -0.3 is 18.6 Å². The minimum atomic E-state index is -0.418. The fourth-order valence-electron chi connectivity index (χ4n) is 3.36. The summed E-state index contributed by atoms with van der Waals surface area (Å²) in [5, 5.41) is 3.23. The van der Waals surface area contributed by atoms with Crippen molar-refractivity contribution >= 4 is 29.6 Å². The average Bonchev–Trinajstić information content (AvgIpc) is 3.24. The van der Waals surface area contributed by atoms with E-state index in [-0.39, 0.29) is 17.1 Å². The molecule has 3 heterocycles. The van der Waals surface area contributed by atoms with Gasteiger partial charge in [0.15, 0.2) is 5.58 Å². The third kappa shape index (κ3) is 3.49. The summed E-state index contributed by atoms with van der Waals surface area (Å²) in [6, 6.07) is 5.81. The topological polar surface area (TPSA) is 76.8 Å². The van der Waals surface area contributed by atoms with Crippen LogP contribution < -0.4 is 10.8 Å². The number of amides is 1. The van der Waals surface area contributed by atoms with Crippen LogP contribution in [0.3, 0.4) is 0 Å². The van der Waals surface area contributed by atoms with Gasteiger partial charge in [-0.15, -0.1) is 0 Å². The van der Waals surface area contributed by atoms with E-state index in [1.807, 2.05) is 50.8 Å². The van der Waals surface area contributed by atoms with E-state index in [0.29, 0.717) is 25.5 Å². The largest absolute Gasteiger partial charge is 0.494 e. The van der Waals surface area contributed by atoms with Gasteiger partial charge in [-0.1, -0.05) is 6.07 Å². The number of carbonyl (C=O) groups excluding carboxylic acids is 1. The van der Waals surface area contributed by atoms with E-state index >= 15 is 0 Å². The molecule has 27 heavy (non-hydrogen) atoms. The van der Waals surface area contributed by atoms with Crippen molar-refractivity contribution in [1.29, 1.82) is 0 Å². The zero-order valence-corrected chi connectivity index (χ0v) is 16.4. The highest BCUT2D eigenvalue weighted by Gasteiger charge is 2.51. The molecule has 8 heteroatoms. The van der Waals surface area contributed by atoms with Gasteiger partial charge in [-0.05, 0) is 51.7 Å². The second-order valence-corrected chi connectivity index (χ2v) is 8.27. The Balaban J connectivity index is 1.44. The molecule has 0 atom stereocenters. The van der Waals surface area contributed by atoms with Crippen LogP contribution in [-0.4, -0.2) is 47.3 Å². The molecule has 1 aromatic heterocycles. The predicted molar refractivity (Wildman–Crippen MR) is 102 cm³/mol. The first-order valence-electron chi connectivity index (χ1n) is 9.49. The number of aromatic nitrogens is 1. The first-order chi connectivity index (χ1) is 12.7. The minimum absolute atomic E-state index is 0.201. The molecule has 4 rings (SSSR count). The summed E-state index contributed by atoms with van der Waals surface area (Å²) in [6.45, 7) is 9.97. The van der Waals surface area contributed by atoms with Crippen LogP contribution in [0.25, 0.3) is 11.1 Å². The van der Waals surface area contributed by atoms with E-state index in [4.69, 9.17) is 13.7 Å². The monoisotopic (exact) mass is 371 g/mol. The maximum atomic E-state index is 11.6. The Bertz CT molecular complexity index is 848. The van der Waals surface area contributed by atoms with E-state index < -0.39 is 7.12 Å². The summed E-state index contributed by atoms with van der Waals surface area (Å²) < 4.78 is 18.0. The molecule has 1 amide bonds. The van der Waals surface area contributed by atoms with Crippen LogP contribution in [0.4, 0.5) is 0 Å². The van der Waals surface area contributed by atoms with Gasteiger partial charge in [0, 0.05) is 13.0 Å². The van der Waals surface area contributed by atoms with E-state index in [2.05, 4.69) is 10.3 Å². The maximum absolute atomic E-state index is 11.6. The van der Waals surface area contributed by atoms with Gasteiger partial charge >= 0.3 is 7.12 Å². The summed E-state index contributed by atoms with van der Waals surface area (Å²) in [7, 11) is -0.418. The smallest absolute Gasteiger partial charge is 0.439 e. The minimum Gasteiger partial charge on any atom is -0.439 e. The summed E-state index contributed by atoms with van der Waals surface area (Å²) in [4.78, 5) is 18.0. The molecule has 0 radical (unpaired) electrons. The maximum Gasteiger partial charge on any atom is 0.494 e. The van der Waals surface area contributed by atoms with Crippen molar-refractivity contribution in [1.82, 2.24) is 15.2 Å². The number of fused-ring (bicyclic) bond motifs is 1. The lowest BCUT2D eigenvalue weighted by Crippen LogP contribution is -2.41. The molecule has 2 saturated heterocycles. The number of benzene rings is 1. The van der Waals surface area contributed by atoms with E-state index in [1.165, 1.54) is 0 Å². The van der Waals surface area contributed by atoms with E-state index in [9.17, 15) is 4.79 Å². The van der Waals surface area contributed by atoms with Crippen molar-refractivity contribution in [2.24, 2.45) is 0 Å². The highest BCUT2D eigenvalue weighted by molar-refractivity contribution is 6.62. The standard InChI is InChI=1S/C19H26BN3O4/c1-18(2)19(3,4)27-20(26-18)13-7-8-15-14(10-13)22-16(25-15)11-21-12-23-9-5-6-17(23)24/h7-8,10,21H,5-6,9,11-12H2,1-4H3. The molecule has 2 fully saturated rings. The molecule has 1 N–H and O–H groups in total. The molecule has 0 bridgehead atoms. The van der Waals surface area contributed by atoms with Crippen molar-refractivity contribution in [3.05, 3.63) is 24.1 Å². The number of oxazole rings is 1. The lowest BCUT2D eigenvalue weighted by molar-refractivity contribution is -0.128. The van der Waals surface area contributed by atoms with Crippen molar-refractivity contribution < 1.29 is 18.5 Å². The Hall–Kier alpha value is -1.90. The first-order valence-corrected chi connectivity index (χ1v) is 9.49. The molecule has 0 aliphatic carbocycles. The van der Waals surface area contributed by atoms with Gasteiger partial charge in [-0.25, -0.2) is 4.98 Å². The van der Waals surface area contributed by atoms with Gasteiger partial charge in [-0.3, -0.25) is 10.1 Å². The SMILES string of the molecule is CC1(C)OB(c2ccc3oc(CNCN4CCCC4=O)nc3c2)OC1(C)C. The normalized spacial score (nSPS) is 21.6. The zero-order valence-electron chi connectivity index (χ0n) is 16.4. The molecule has 7 nitrogen and oxygen atoms in total. The Morgan fingerprint density at radius 3 is 2.63 bits per heavy atom. The number of carbonyl (C=O) groups is 1. The lowest BCUT2D eigenvalue weighted by atomic mass is 9.79. The highest BCUT2D eigenvalue weighted by atomic mass is 16.7. The van der Waals surface area contributed by atoms with Crippen molar-refractivity contribution in [3.8, 4) is 0 Å². The lowest BCUT2D eigenvalue weighted by Gasteiger charge is -2.32. The van der Waals surface area contributed by atoms with Crippen LogP contribution in [0, 0.1) is 0 Å². The molecule has 0 saturated carbocycles. The molecule has 144 valence electrons. The Kier molecular flexibility index (Phi) is 4.52. The van der Waals surface area contributed by atoms with Gasteiger partial charge in [0.25, 0.3) is 0 Å². The third-order valence-electron chi connectivity index (χ3n) is 5.73. The van der Waals surface area contributed by atoms with Gasteiger partial charge in [0.2, 0.25) is 11.8 Å². The molecule has 2 aliphatic rings. The number of rotatable bonds is 5. The number of likely N-dealkylation sites (tertiary alicyclic amines) is 1. The third-order valence-corrected chi connectivity index (χ3v) is 5.73. The number of nitrogens with zero attached hydrogens (tertiary/aromatic N) is 2. The van der Waals surface area contributed by atoms with Crippen LogP contribution in [0.5, 0.6) is 0 Å². The van der Waals surface area contributed by atoms with Crippen molar-refractivity contribution in [2.45, 2.75) is 58.3 Å². The summed E-state index contributed by atoms with van der Waals surface area (Å²) in [6.07, 6.45) is 1.58. The number of nitrogens with one attached hydrogen (secondary N) is 1. The van der Waals surface area contributed by atoms with Crippen molar-refractivity contribution in [3.63, 3.8) is 0 Å². The van der Waals surface area contributed by atoms with Gasteiger partial charge in [-0.2, -0.15) is 0 Å². The van der Waals surface area contributed by atoms with Crippen LogP contribution in [0.15, 0.2) is 22.6 Å². The van der Waals surface area contributed by atoms with E-state index in [1.54, 1.807) is 0 Å². The quantitative estimate of drug-likeness (QED) is 0.808. The van der Waals surface area contributed by atoms with Gasteiger partial charge in [0.1, 0.15) is 5.52 Å². The number of hydrogen-bond donors (Lipinski definition) is 1. The van der Waals surface area contributed by atoms with Crippen LogP contribution >= 0.6 is 0 Å². The fourth-order valence-corrected chi connectivity index (χ4v) is 3.36. The Morgan fingerprint density at radius 1 is 1.22 bits per heavy atom. The molecular formula is C19H26BN3O4. The Morgan fingerprint density at radius 2 is 1.96 bits per heavy atom. The highest BCUT2D eigenvalue weighted by Crippen LogP contribution is 2.36. The second kappa shape index (κ2) is 6.62. The Labute approximate surface area is 159 Å². The van der Waals surface area contributed by atoms with Crippen LogP contribution in [0.1, 0.15) is 46.4 Å². The summed E-state index contributed by atoms with van der Waals surface area (Å²) >= 11 is 0. The molecule has 1 aromatic carbocycles. The van der Waals surface area contributed by atoms with Crippen molar-refractivity contribution in [2.75, 3.05) is 13.2 Å². The van der Waals surface area contributed by atoms with Crippen LogP contribution in [-0.2, 0) is 20.6 Å². The van der Waals surface area contributed by atoms with E-state index in [0.717, 1.165) is 29.5 Å². The molecule has 2 aromatic rings. The fraction of sp³-hybridized carbons (Fsp3) is 0.579. The molecule has 0 unspecified atom stereocenters. The number of hydrogen-bond acceptors (Lipinski definition) is 6.